The molecule has 2 fully saturated rings. The largest absolute Gasteiger partial charge is 0.453 e. The van der Waals surface area contributed by atoms with E-state index in [1.54, 1.807) is 6.07 Å². The quantitative estimate of drug-likeness (QED) is 0.531. The molecule has 2 saturated heterocycles. The number of benzene rings is 2. The first kappa shape index (κ1) is 26.3. The second kappa shape index (κ2) is 12.5. The Balaban J connectivity index is 1.51. The summed E-state index contributed by atoms with van der Waals surface area (Å²) in [6, 6.07) is 15.2. The van der Waals surface area contributed by atoms with Crippen LogP contribution in [0.4, 0.5) is 5.69 Å². The zero-order valence-electron chi connectivity index (χ0n) is 21.0. The molecule has 1 amide bonds. The molecule has 2 aromatic carbocycles. The van der Waals surface area contributed by atoms with Crippen LogP contribution >= 0.6 is 0 Å². The van der Waals surface area contributed by atoms with Crippen LogP contribution in [-0.2, 0) is 30.4 Å². The van der Waals surface area contributed by atoms with Crippen LogP contribution in [0, 0.1) is 0 Å². The van der Waals surface area contributed by atoms with Crippen LogP contribution < -0.4 is 5.32 Å². The molecule has 8 heteroatoms. The Kier molecular flexibility index (Phi) is 9.09. The van der Waals surface area contributed by atoms with E-state index in [9.17, 15) is 14.7 Å². The van der Waals surface area contributed by atoms with Crippen LogP contribution in [0.15, 0.2) is 48.5 Å². The maximum atomic E-state index is 12.4. The summed E-state index contributed by atoms with van der Waals surface area (Å²) in [4.78, 5) is 26.1. The van der Waals surface area contributed by atoms with Crippen molar-refractivity contribution in [2.24, 2.45) is 0 Å². The predicted molar refractivity (Wildman–Crippen MR) is 135 cm³/mol. The van der Waals surface area contributed by atoms with Crippen molar-refractivity contribution in [1.82, 2.24) is 4.90 Å². The van der Waals surface area contributed by atoms with E-state index in [0.29, 0.717) is 5.69 Å². The van der Waals surface area contributed by atoms with Gasteiger partial charge in [-0.1, -0.05) is 42.8 Å². The number of piperidine rings is 1. The molecule has 0 aromatic heterocycles. The van der Waals surface area contributed by atoms with Crippen LogP contribution in [0.2, 0.25) is 0 Å². The summed E-state index contributed by atoms with van der Waals surface area (Å²) < 4.78 is 17.8. The maximum absolute atomic E-state index is 12.4. The minimum atomic E-state index is -0.895. The molecule has 2 heterocycles. The first-order chi connectivity index (χ1) is 17.4. The maximum Gasteiger partial charge on any atom is 0.303 e. The number of esters is 1. The van der Waals surface area contributed by atoms with Crippen molar-refractivity contribution in [3.05, 3.63) is 65.2 Å². The average molecular weight is 497 g/mol. The molecule has 2 aromatic rings. The van der Waals surface area contributed by atoms with Crippen LogP contribution in [-0.4, -0.2) is 53.7 Å². The number of hydrogen-bond donors (Lipinski definition) is 2. The Bertz CT molecular complexity index is 1020. The van der Waals surface area contributed by atoms with E-state index in [0.717, 1.165) is 42.7 Å². The second-order valence-electron chi connectivity index (χ2n) is 9.58. The summed E-state index contributed by atoms with van der Waals surface area (Å²) in [7, 11) is 0. The molecule has 194 valence electrons. The van der Waals surface area contributed by atoms with Gasteiger partial charge in [0.25, 0.3) is 5.91 Å². The zero-order valence-corrected chi connectivity index (χ0v) is 21.0. The predicted octanol–water partition coefficient (Wildman–Crippen LogP) is 4.10. The molecule has 8 nitrogen and oxygen atoms in total. The highest BCUT2D eigenvalue weighted by Crippen LogP contribution is 2.38. The molecule has 2 aliphatic heterocycles. The summed E-state index contributed by atoms with van der Waals surface area (Å²) >= 11 is 0. The van der Waals surface area contributed by atoms with E-state index in [2.05, 4.69) is 10.2 Å². The van der Waals surface area contributed by atoms with Crippen molar-refractivity contribution in [2.75, 3.05) is 25.0 Å². The lowest BCUT2D eigenvalue weighted by atomic mass is 9.99. The lowest BCUT2D eigenvalue weighted by Gasteiger charge is -2.39. The number of nitrogens with one attached hydrogen (secondary N) is 1. The number of ether oxygens (including phenoxy) is 3. The Hall–Kier alpha value is -2.78. The van der Waals surface area contributed by atoms with E-state index in [4.69, 9.17) is 14.2 Å². The summed E-state index contributed by atoms with van der Waals surface area (Å²) in [6.45, 7) is 5.83. The fourth-order valence-electron chi connectivity index (χ4n) is 4.77. The van der Waals surface area contributed by atoms with E-state index < -0.39 is 24.3 Å². The molecule has 0 radical (unpaired) electrons. The van der Waals surface area contributed by atoms with Crippen molar-refractivity contribution in [3.8, 4) is 0 Å². The highest BCUT2D eigenvalue weighted by molar-refractivity contribution is 5.95. The number of aliphatic hydroxyl groups is 1. The van der Waals surface area contributed by atoms with Gasteiger partial charge < -0.3 is 29.5 Å². The SMILES string of the molecule is CC(=O)O[C@@H](C)C(=O)Nc1cccc([C@@H]2O[C@H](CN3CCCCC3)C[C@H](c3ccc(CO)cc3)O2)c1. The monoisotopic (exact) mass is 496 g/mol. The highest BCUT2D eigenvalue weighted by Gasteiger charge is 2.33. The number of nitrogens with zero attached hydrogens (tertiary/aromatic N) is 1. The number of hydrogen-bond acceptors (Lipinski definition) is 7. The van der Waals surface area contributed by atoms with E-state index in [-0.39, 0.29) is 18.8 Å². The number of amides is 1. The van der Waals surface area contributed by atoms with Crippen LogP contribution in [0.3, 0.4) is 0 Å². The molecular weight excluding hydrogens is 460 g/mol. The van der Waals surface area contributed by atoms with E-state index in [1.165, 1.54) is 33.1 Å². The van der Waals surface area contributed by atoms with Gasteiger partial charge in [-0.25, -0.2) is 0 Å². The normalized spacial score (nSPS) is 23.6. The van der Waals surface area contributed by atoms with Crippen molar-refractivity contribution in [2.45, 2.75) is 70.7 Å². The Morgan fingerprint density at radius 3 is 2.53 bits per heavy atom. The van der Waals surface area contributed by atoms with E-state index >= 15 is 0 Å². The molecule has 0 aliphatic carbocycles. The van der Waals surface area contributed by atoms with Crippen LogP contribution in [0.25, 0.3) is 0 Å². The molecule has 2 N–H and O–H groups in total. The molecule has 0 saturated carbocycles. The minimum Gasteiger partial charge on any atom is -0.453 e. The highest BCUT2D eigenvalue weighted by atomic mass is 16.7. The van der Waals surface area contributed by atoms with Crippen LogP contribution in [0.5, 0.6) is 0 Å². The van der Waals surface area contributed by atoms with Gasteiger partial charge >= 0.3 is 5.97 Å². The first-order valence-electron chi connectivity index (χ1n) is 12.7. The average Bonchev–Trinajstić information content (AvgIpc) is 2.89. The fraction of sp³-hybridized carbons (Fsp3) is 0.500. The van der Waals surface area contributed by atoms with Crippen LogP contribution in [0.1, 0.15) is 68.6 Å². The van der Waals surface area contributed by atoms with Gasteiger partial charge in [-0.15, -0.1) is 0 Å². The zero-order chi connectivity index (χ0) is 25.5. The van der Waals surface area contributed by atoms with E-state index in [1.807, 2.05) is 42.5 Å². The summed E-state index contributed by atoms with van der Waals surface area (Å²) in [5, 5.41) is 12.2. The van der Waals surface area contributed by atoms with Gasteiger partial charge in [0.15, 0.2) is 12.4 Å². The van der Waals surface area contributed by atoms with Crippen molar-refractivity contribution in [1.29, 1.82) is 0 Å². The third-order valence-electron chi connectivity index (χ3n) is 6.66. The number of carbonyl (C=O) groups excluding carboxylic acids is 2. The van der Waals surface area contributed by atoms with Gasteiger partial charge in [0.1, 0.15) is 0 Å². The summed E-state index contributed by atoms with van der Waals surface area (Å²) in [5.41, 5.74) is 3.28. The minimum absolute atomic E-state index is 0.00368. The Labute approximate surface area is 212 Å². The number of carbonyl (C=O) groups is 2. The number of rotatable bonds is 8. The Morgan fingerprint density at radius 2 is 1.83 bits per heavy atom. The molecular formula is C28H36N2O6. The molecule has 4 rings (SSSR count). The smallest absolute Gasteiger partial charge is 0.303 e. The van der Waals surface area contributed by atoms with Crippen molar-refractivity contribution >= 4 is 17.6 Å². The standard InChI is InChI=1S/C28H36N2O6/c1-19(34-20(2)32)27(33)29-24-8-6-7-23(15-24)28-35-25(17-30-13-4-3-5-14-30)16-26(36-28)22-11-9-21(18-31)10-12-22/h6-12,15,19,25-26,28,31H,3-5,13-14,16-18H2,1-2H3,(H,29,33)/t19-,25-,26+,28+/m0/s1. The third-order valence-corrected chi connectivity index (χ3v) is 6.66. The summed E-state index contributed by atoms with van der Waals surface area (Å²) in [6.07, 6.45) is 2.79. The molecule has 0 bridgehead atoms. The molecule has 4 atom stereocenters. The van der Waals surface area contributed by atoms with Crippen molar-refractivity contribution in [3.63, 3.8) is 0 Å². The number of aliphatic hydroxyl groups excluding tert-OH is 1. The molecule has 0 unspecified atom stereocenters. The summed E-state index contributed by atoms with van der Waals surface area (Å²) in [5.74, 6) is -0.911. The third kappa shape index (κ3) is 7.13. The van der Waals surface area contributed by atoms with Crippen molar-refractivity contribution < 1.29 is 28.9 Å². The Morgan fingerprint density at radius 1 is 1.08 bits per heavy atom. The van der Waals surface area contributed by atoms with Gasteiger partial charge in [0, 0.05) is 31.1 Å². The number of likely N-dealkylation sites (tertiary alicyclic amines) is 1. The van der Waals surface area contributed by atoms with Gasteiger partial charge in [-0.2, -0.15) is 0 Å². The topological polar surface area (TPSA) is 97.3 Å². The van der Waals surface area contributed by atoms with Gasteiger partial charge in [0.05, 0.1) is 18.8 Å². The lowest BCUT2D eigenvalue weighted by Crippen LogP contribution is -2.41. The lowest BCUT2D eigenvalue weighted by molar-refractivity contribution is -0.253. The first-order valence-corrected chi connectivity index (χ1v) is 12.7. The molecule has 0 spiro atoms. The molecule has 2 aliphatic rings. The number of anilines is 1. The van der Waals surface area contributed by atoms with Gasteiger partial charge in [0.2, 0.25) is 0 Å². The second-order valence-corrected chi connectivity index (χ2v) is 9.58. The molecule has 36 heavy (non-hydrogen) atoms. The van der Waals surface area contributed by atoms with Gasteiger partial charge in [-0.05, 0) is 56.1 Å². The fourth-order valence-corrected chi connectivity index (χ4v) is 4.77. The van der Waals surface area contributed by atoms with Gasteiger partial charge in [-0.3, -0.25) is 9.59 Å².